The van der Waals surface area contributed by atoms with E-state index in [9.17, 15) is 22.7 Å². The van der Waals surface area contributed by atoms with Crippen LogP contribution in [0.2, 0.25) is 0 Å². The van der Waals surface area contributed by atoms with Crippen molar-refractivity contribution < 1.29 is 22.7 Å². The molecule has 1 aromatic rings. The number of phenols is 1. The Balaban J connectivity index is 2.05. The van der Waals surface area contributed by atoms with Crippen molar-refractivity contribution in [2.45, 2.75) is 25.6 Å². The third-order valence-corrected chi connectivity index (χ3v) is 3.40. The number of hydrogen-bond acceptors (Lipinski definition) is 2. The van der Waals surface area contributed by atoms with Crippen molar-refractivity contribution in [1.29, 1.82) is 0 Å². The summed E-state index contributed by atoms with van der Waals surface area (Å²) in [4.78, 5) is 1.61. The van der Waals surface area contributed by atoms with Gasteiger partial charge >= 0.3 is 6.18 Å². The summed E-state index contributed by atoms with van der Waals surface area (Å²) >= 11 is 0. The Morgan fingerprint density at radius 1 is 1.32 bits per heavy atom. The van der Waals surface area contributed by atoms with Gasteiger partial charge in [-0.2, -0.15) is 13.2 Å². The van der Waals surface area contributed by atoms with E-state index in [2.05, 4.69) is 0 Å². The van der Waals surface area contributed by atoms with Crippen molar-refractivity contribution in [2.75, 3.05) is 13.1 Å². The zero-order valence-corrected chi connectivity index (χ0v) is 10.3. The Bertz CT molecular complexity index is 447. The van der Waals surface area contributed by atoms with Crippen molar-refractivity contribution in [3.63, 3.8) is 0 Å². The molecule has 0 spiro atoms. The highest BCUT2D eigenvalue weighted by Gasteiger charge is 2.41. The number of nitrogens with zero attached hydrogens (tertiary/aromatic N) is 1. The molecule has 1 aliphatic heterocycles. The van der Waals surface area contributed by atoms with Crippen LogP contribution in [0.25, 0.3) is 0 Å². The summed E-state index contributed by atoms with van der Waals surface area (Å²) in [7, 11) is 0. The van der Waals surface area contributed by atoms with Crippen LogP contribution in [-0.4, -0.2) is 29.3 Å². The van der Waals surface area contributed by atoms with Gasteiger partial charge in [0, 0.05) is 18.7 Å². The average molecular weight is 277 g/mol. The Morgan fingerprint density at radius 2 is 2.05 bits per heavy atom. The normalized spacial score (nSPS) is 21.6. The molecule has 1 saturated heterocycles. The van der Waals surface area contributed by atoms with Crippen molar-refractivity contribution in [2.24, 2.45) is 5.92 Å². The first-order valence-electron chi connectivity index (χ1n) is 6.12. The molecule has 0 saturated carbocycles. The van der Waals surface area contributed by atoms with Crippen LogP contribution in [0.3, 0.4) is 0 Å². The van der Waals surface area contributed by atoms with Crippen LogP contribution in [0, 0.1) is 11.7 Å². The van der Waals surface area contributed by atoms with Gasteiger partial charge in [-0.3, -0.25) is 4.90 Å². The lowest BCUT2D eigenvalue weighted by Gasteiger charge is -2.33. The van der Waals surface area contributed by atoms with Gasteiger partial charge in [-0.25, -0.2) is 4.39 Å². The SMILES string of the molecule is Oc1ccc(F)cc1CN1CCCC(C(F)(F)F)C1. The highest BCUT2D eigenvalue weighted by molar-refractivity contribution is 5.32. The number of rotatable bonds is 2. The number of piperidine rings is 1. The first-order valence-corrected chi connectivity index (χ1v) is 6.12. The van der Waals surface area contributed by atoms with E-state index in [4.69, 9.17) is 0 Å². The van der Waals surface area contributed by atoms with E-state index < -0.39 is 17.9 Å². The highest BCUT2D eigenvalue weighted by Crippen LogP contribution is 2.34. The van der Waals surface area contributed by atoms with Crippen LogP contribution in [0.15, 0.2) is 18.2 Å². The summed E-state index contributed by atoms with van der Waals surface area (Å²) in [5.41, 5.74) is 0.322. The standard InChI is InChI=1S/C13H15F4NO/c14-11-3-4-12(19)9(6-11)7-18-5-1-2-10(8-18)13(15,16)17/h3-4,6,10,19H,1-2,5,7-8H2. The Kier molecular flexibility index (Phi) is 3.99. The maximum Gasteiger partial charge on any atom is 0.393 e. The summed E-state index contributed by atoms with van der Waals surface area (Å²) in [5.74, 6) is -1.93. The average Bonchev–Trinajstić information content (AvgIpc) is 2.33. The number of benzene rings is 1. The first-order chi connectivity index (χ1) is 8.86. The van der Waals surface area contributed by atoms with Crippen LogP contribution in [0.4, 0.5) is 17.6 Å². The van der Waals surface area contributed by atoms with Gasteiger partial charge in [-0.15, -0.1) is 0 Å². The lowest BCUT2D eigenvalue weighted by molar-refractivity contribution is -0.187. The molecule has 2 nitrogen and oxygen atoms in total. The van der Waals surface area contributed by atoms with E-state index in [-0.39, 0.29) is 25.3 Å². The van der Waals surface area contributed by atoms with E-state index in [1.165, 1.54) is 6.07 Å². The fourth-order valence-electron chi connectivity index (χ4n) is 2.39. The minimum absolute atomic E-state index is 0.0875. The van der Waals surface area contributed by atoms with E-state index in [0.717, 1.165) is 12.1 Å². The molecule has 0 amide bonds. The van der Waals surface area contributed by atoms with E-state index in [0.29, 0.717) is 18.5 Å². The maximum atomic E-state index is 13.1. The molecule has 0 radical (unpaired) electrons. The van der Waals surface area contributed by atoms with Crippen molar-refractivity contribution in [3.05, 3.63) is 29.6 Å². The summed E-state index contributed by atoms with van der Waals surface area (Å²) in [6, 6.07) is 3.50. The second-order valence-corrected chi connectivity index (χ2v) is 4.89. The van der Waals surface area contributed by atoms with Crippen LogP contribution in [0.1, 0.15) is 18.4 Å². The second-order valence-electron chi connectivity index (χ2n) is 4.89. The predicted molar refractivity (Wildman–Crippen MR) is 62.1 cm³/mol. The minimum atomic E-state index is -4.19. The summed E-state index contributed by atoms with van der Waals surface area (Å²) in [5, 5.41) is 9.58. The Morgan fingerprint density at radius 3 is 2.74 bits per heavy atom. The van der Waals surface area contributed by atoms with Crippen molar-refractivity contribution >= 4 is 0 Å². The van der Waals surface area contributed by atoms with Crippen LogP contribution in [-0.2, 0) is 6.54 Å². The molecule has 6 heteroatoms. The van der Waals surface area contributed by atoms with Crippen LogP contribution in [0.5, 0.6) is 5.75 Å². The molecule has 1 atom stereocenters. The van der Waals surface area contributed by atoms with Crippen molar-refractivity contribution in [3.8, 4) is 5.75 Å². The second kappa shape index (κ2) is 5.36. The molecule has 1 unspecified atom stereocenters. The van der Waals surface area contributed by atoms with Crippen molar-refractivity contribution in [1.82, 2.24) is 4.90 Å². The molecule has 0 aromatic heterocycles. The Labute approximate surface area is 108 Å². The Hall–Kier alpha value is -1.30. The molecule has 19 heavy (non-hydrogen) atoms. The van der Waals surface area contributed by atoms with Crippen LogP contribution < -0.4 is 0 Å². The topological polar surface area (TPSA) is 23.5 Å². The molecule has 1 heterocycles. The van der Waals surface area contributed by atoms with Gasteiger partial charge in [0.25, 0.3) is 0 Å². The molecule has 1 aliphatic rings. The van der Waals surface area contributed by atoms with Gasteiger partial charge in [0.05, 0.1) is 5.92 Å². The number of hydrogen-bond donors (Lipinski definition) is 1. The molecule has 106 valence electrons. The molecular formula is C13H15F4NO. The van der Waals surface area contributed by atoms with Gasteiger partial charge in [0.15, 0.2) is 0 Å². The molecule has 1 N–H and O–H groups in total. The van der Waals surface area contributed by atoms with E-state index in [1.54, 1.807) is 4.90 Å². The number of aromatic hydroxyl groups is 1. The monoisotopic (exact) mass is 277 g/mol. The fourth-order valence-corrected chi connectivity index (χ4v) is 2.39. The predicted octanol–water partition coefficient (Wildman–Crippen LogP) is 3.31. The molecule has 2 rings (SSSR count). The fraction of sp³-hybridized carbons (Fsp3) is 0.538. The zero-order valence-electron chi connectivity index (χ0n) is 10.3. The number of alkyl halides is 3. The van der Waals surface area contributed by atoms with E-state index >= 15 is 0 Å². The zero-order chi connectivity index (χ0) is 14.0. The van der Waals surface area contributed by atoms with Gasteiger partial charge in [0.2, 0.25) is 0 Å². The first kappa shape index (κ1) is 14.1. The number of phenolic OH excluding ortho intramolecular Hbond substituents is 1. The van der Waals surface area contributed by atoms with E-state index in [1.807, 2.05) is 0 Å². The minimum Gasteiger partial charge on any atom is -0.508 e. The molecule has 0 bridgehead atoms. The third-order valence-electron chi connectivity index (χ3n) is 3.40. The van der Waals surface area contributed by atoms with Gasteiger partial charge in [0.1, 0.15) is 11.6 Å². The molecule has 1 aromatic carbocycles. The smallest absolute Gasteiger partial charge is 0.393 e. The maximum absolute atomic E-state index is 13.1. The quantitative estimate of drug-likeness (QED) is 0.838. The van der Waals surface area contributed by atoms with Gasteiger partial charge < -0.3 is 5.11 Å². The van der Waals surface area contributed by atoms with Crippen LogP contribution >= 0.6 is 0 Å². The number of halogens is 4. The highest BCUT2D eigenvalue weighted by atomic mass is 19.4. The van der Waals surface area contributed by atoms with Gasteiger partial charge in [-0.1, -0.05) is 0 Å². The number of likely N-dealkylation sites (tertiary alicyclic amines) is 1. The lowest BCUT2D eigenvalue weighted by atomic mass is 9.97. The molecule has 0 aliphatic carbocycles. The lowest BCUT2D eigenvalue weighted by Crippen LogP contribution is -2.41. The summed E-state index contributed by atoms with van der Waals surface area (Å²) in [6.45, 7) is 0.568. The van der Waals surface area contributed by atoms with Gasteiger partial charge in [-0.05, 0) is 37.6 Å². The largest absolute Gasteiger partial charge is 0.508 e. The third kappa shape index (κ3) is 3.59. The molecule has 1 fully saturated rings. The summed E-state index contributed by atoms with van der Waals surface area (Å²) in [6.07, 6.45) is -3.60. The molecular weight excluding hydrogens is 262 g/mol. The summed E-state index contributed by atoms with van der Waals surface area (Å²) < 4.78 is 51.0.